The first-order valence-electron chi connectivity index (χ1n) is 3.69. The maximum absolute atomic E-state index is 12.6. The van der Waals surface area contributed by atoms with Crippen molar-refractivity contribution in [2.45, 2.75) is 6.54 Å². The molecule has 0 saturated carbocycles. The summed E-state index contributed by atoms with van der Waals surface area (Å²) < 4.78 is 13.6. The molecule has 0 spiro atoms. The van der Waals surface area contributed by atoms with Gasteiger partial charge in [-0.1, -0.05) is 22.6 Å². The Morgan fingerprint density at radius 1 is 1.50 bits per heavy atom. The first-order chi connectivity index (χ1) is 5.83. The van der Waals surface area contributed by atoms with Crippen molar-refractivity contribution < 1.29 is 4.39 Å². The first-order valence-corrected chi connectivity index (χ1v) is 5.21. The van der Waals surface area contributed by atoms with Crippen LogP contribution >= 0.6 is 22.6 Å². The summed E-state index contributed by atoms with van der Waals surface area (Å²) in [5.74, 6) is -0.274. The lowest BCUT2D eigenvalue weighted by Gasteiger charge is -2.01. The van der Waals surface area contributed by atoms with E-state index in [4.69, 9.17) is 0 Å². The largest absolute Gasteiger partial charge is 0.312 e. The van der Waals surface area contributed by atoms with Gasteiger partial charge in [0.2, 0.25) is 0 Å². The number of nitrogens with one attached hydrogen (secondary N) is 1. The van der Waals surface area contributed by atoms with E-state index in [9.17, 15) is 4.39 Å². The zero-order valence-electron chi connectivity index (χ0n) is 6.56. The SMILES string of the molecule is Fc1cncc(CNCCI)c1. The zero-order valence-corrected chi connectivity index (χ0v) is 8.71. The van der Waals surface area contributed by atoms with Crippen LogP contribution in [0.3, 0.4) is 0 Å². The second kappa shape index (κ2) is 5.42. The molecule has 1 aromatic heterocycles. The highest BCUT2D eigenvalue weighted by Gasteiger charge is 1.94. The molecule has 0 unspecified atom stereocenters. The third kappa shape index (κ3) is 3.44. The molecule has 0 aliphatic carbocycles. The van der Waals surface area contributed by atoms with Crippen molar-refractivity contribution in [2.75, 3.05) is 11.0 Å². The third-order valence-electron chi connectivity index (χ3n) is 1.36. The van der Waals surface area contributed by atoms with Gasteiger partial charge in [-0.25, -0.2) is 4.39 Å². The number of rotatable bonds is 4. The molecule has 4 heteroatoms. The third-order valence-corrected chi connectivity index (χ3v) is 1.90. The summed E-state index contributed by atoms with van der Waals surface area (Å²) in [5, 5.41) is 3.16. The number of aromatic nitrogens is 1. The highest BCUT2D eigenvalue weighted by atomic mass is 127. The zero-order chi connectivity index (χ0) is 8.81. The topological polar surface area (TPSA) is 24.9 Å². The molecule has 0 aliphatic heterocycles. The Bertz CT molecular complexity index is 242. The van der Waals surface area contributed by atoms with Gasteiger partial charge in [0, 0.05) is 23.7 Å². The molecule has 0 aromatic carbocycles. The van der Waals surface area contributed by atoms with Crippen LogP contribution in [-0.4, -0.2) is 16.0 Å². The van der Waals surface area contributed by atoms with Crippen LogP contribution in [0, 0.1) is 5.82 Å². The molecule has 0 radical (unpaired) electrons. The van der Waals surface area contributed by atoms with Gasteiger partial charge < -0.3 is 5.32 Å². The van der Waals surface area contributed by atoms with Crippen molar-refractivity contribution in [3.05, 3.63) is 29.8 Å². The summed E-state index contributed by atoms with van der Waals surface area (Å²) in [6.07, 6.45) is 2.88. The Balaban J connectivity index is 2.41. The van der Waals surface area contributed by atoms with E-state index >= 15 is 0 Å². The van der Waals surface area contributed by atoms with Gasteiger partial charge >= 0.3 is 0 Å². The minimum absolute atomic E-state index is 0.274. The average molecular weight is 280 g/mol. The summed E-state index contributed by atoms with van der Waals surface area (Å²) in [6, 6.07) is 1.49. The van der Waals surface area contributed by atoms with Crippen LogP contribution in [0.1, 0.15) is 5.56 Å². The summed E-state index contributed by atoms with van der Waals surface area (Å²) in [7, 11) is 0. The maximum atomic E-state index is 12.6. The highest BCUT2D eigenvalue weighted by Crippen LogP contribution is 1.99. The van der Waals surface area contributed by atoms with Crippen LogP contribution in [0.4, 0.5) is 4.39 Å². The highest BCUT2D eigenvalue weighted by molar-refractivity contribution is 14.1. The van der Waals surface area contributed by atoms with Crippen molar-refractivity contribution in [3.63, 3.8) is 0 Å². The fraction of sp³-hybridized carbons (Fsp3) is 0.375. The van der Waals surface area contributed by atoms with Gasteiger partial charge in [0.05, 0.1) is 6.20 Å². The molecular weight excluding hydrogens is 270 g/mol. The lowest BCUT2D eigenvalue weighted by molar-refractivity contribution is 0.615. The van der Waals surface area contributed by atoms with Gasteiger partial charge in [0.25, 0.3) is 0 Å². The molecule has 12 heavy (non-hydrogen) atoms. The second-order valence-electron chi connectivity index (χ2n) is 2.38. The predicted molar refractivity (Wildman–Crippen MR) is 54.8 cm³/mol. The van der Waals surface area contributed by atoms with Gasteiger partial charge in [-0.3, -0.25) is 4.98 Å². The molecule has 0 bridgehead atoms. The predicted octanol–water partition coefficient (Wildman–Crippen LogP) is 1.75. The normalized spacial score (nSPS) is 10.2. The van der Waals surface area contributed by atoms with Gasteiger partial charge in [0.15, 0.2) is 0 Å². The van der Waals surface area contributed by atoms with E-state index in [1.54, 1.807) is 6.20 Å². The molecule has 1 rings (SSSR count). The molecule has 0 saturated heterocycles. The number of pyridine rings is 1. The summed E-state index contributed by atoms with van der Waals surface area (Å²) in [4.78, 5) is 3.75. The number of hydrogen-bond donors (Lipinski definition) is 1. The molecule has 66 valence electrons. The monoisotopic (exact) mass is 280 g/mol. The van der Waals surface area contributed by atoms with Crippen molar-refractivity contribution in [1.29, 1.82) is 0 Å². The standard InChI is InChI=1S/C8H10FIN2/c9-8-3-7(5-12-6-8)4-11-2-1-10/h3,5-6,11H,1-2,4H2. The first kappa shape index (κ1) is 9.85. The fourth-order valence-electron chi connectivity index (χ4n) is 0.852. The van der Waals surface area contributed by atoms with Gasteiger partial charge in [-0.05, 0) is 11.6 Å². The lowest BCUT2D eigenvalue weighted by Crippen LogP contribution is -2.15. The molecule has 0 atom stereocenters. The summed E-state index contributed by atoms with van der Waals surface area (Å²) >= 11 is 2.28. The minimum atomic E-state index is -0.274. The molecule has 1 aromatic rings. The Labute approximate surface area is 84.7 Å². The van der Waals surface area contributed by atoms with E-state index in [-0.39, 0.29) is 5.82 Å². The van der Waals surface area contributed by atoms with Crippen molar-refractivity contribution in [2.24, 2.45) is 0 Å². The average Bonchev–Trinajstić information content (AvgIpc) is 2.05. The maximum Gasteiger partial charge on any atom is 0.141 e. The van der Waals surface area contributed by atoms with E-state index in [2.05, 4.69) is 32.9 Å². The lowest BCUT2D eigenvalue weighted by atomic mass is 10.3. The Kier molecular flexibility index (Phi) is 4.45. The Morgan fingerprint density at radius 3 is 3.00 bits per heavy atom. The van der Waals surface area contributed by atoms with Crippen LogP contribution in [-0.2, 0) is 6.54 Å². The van der Waals surface area contributed by atoms with Crippen LogP contribution < -0.4 is 5.32 Å². The molecule has 1 N–H and O–H groups in total. The van der Waals surface area contributed by atoms with Gasteiger partial charge in [-0.15, -0.1) is 0 Å². The number of nitrogens with zero attached hydrogens (tertiary/aromatic N) is 1. The van der Waals surface area contributed by atoms with E-state index in [1.165, 1.54) is 12.3 Å². The molecule has 2 nitrogen and oxygen atoms in total. The van der Waals surface area contributed by atoms with E-state index in [1.807, 2.05) is 0 Å². The summed E-state index contributed by atoms with van der Waals surface area (Å²) in [6.45, 7) is 1.63. The molecule has 0 aliphatic rings. The van der Waals surface area contributed by atoms with Crippen LogP contribution in [0.25, 0.3) is 0 Å². The van der Waals surface area contributed by atoms with Gasteiger partial charge in [-0.2, -0.15) is 0 Å². The second-order valence-corrected chi connectivity index (χ2v) is 3.46. The van der Waals surface area contributed by atoms with Gasteiger partial charge in [0.1, 0.15) is 5.82 Å². The van der Waals surface area contributed by atoms with Crippen molar-refractivity contribution in [1.82, 2.24) is 10.3 Å². The quantitative estimate of drug-likeness (QED) is 0.516. The number of hydrogen-bond acceptors (Lipinski definition) is 2. The Morgan fingerprint density at radius 2 is 2.33 bits per heavy atom. The van der Waals surface area contributed by atoms with E-state index in [0.717, 1.165) is 16.5 Å². The molecule has 1 heterocycles. The van der Waals surface area contributed by atoms with Crippen LogP contribution in [0.2, 0.25) is 0 Å². The number of alkyl halides is 1. The number of halogens is 2. The molecule has 0 fully saturated rings. The smallest absolute Gasteiger partial charge is 0.141 e. The van der Waals surface area contributed by atoms with E-state index < -0.39 is 0 Å². The Hall–Kier alpha value is -0.230. The van der Waals surface area contributed by atoms with Crippen LogP contribution in [0.5, 0.6) is 0 Å². The summed E-state index contributed by atoms with van der Waals surface area (Å²) in [5.41, 5.74) is 0.889. The molecular formula is C8H10FIN2. The van der Waals surface area contributed by atoms with Crippen LogP contribution in [0.15, 0.2) is 18.5 Å². The minimum Gasteiger partial charge on any atom is -0.312 e. The van der Waals surface area contributed by atoms with E-state index in [0.29, 0.717) is 6.54 Å². The van der Waals surface area contributed by atoms with Crippen molar-refractivity contribution in [3.8, 4) is 0 Å². The van der Waals surface area contributed by atoms with Crippen molar-refractivity contribution >= 4 is 22.6 Å². The molecule has 0 amide bonds. The fourth-order valence-corrected chi connectivity index (χ4v) is 1.23.